The van der Waals surface area contributed by atoms with E-state index in [1.54, 1.807) is 32.9 Å². The van der Waals surface area contributed by atoms with Crippen LogP contribution in [0.5, 0.6) is 0 Å². The average molecular weight is 330 g/mol. The van der Waals surface area contributed by atoms with Gasteiger partial charge in [0.15, 0.2) is 5.76 Å². The second-order valence-corrected chi connectivity index (χ2v) is 5.37. The molecule has 0 unspecified atom stereocenters. The molecule has 2 aromatic heterocycles. The Morgan fingerprint density at radius 2 is 1.83 bits per heavy atom. The van der Waals surface area contributed by atoms with Crippen LogP contribution in [-0.2, 0) is 11.3 Å². The summed E-state index contributed by atoms with van der Waals surface area (Å²) in [5, 5.41) is 7.65. The average Bonchev–Trinajstić information content (AvgIpc) is 3.09. The Labute approximate surface area is 137 Å². The number of nitrogens with zero attached hydrogens (tertiary/aromatic N) is 2. The largest absolute Gasteiger partial charge is 0.455 e. The summed E-state index contributed by atoms with van der Waals surface area (Å²) in [6.45, 7) is 5.07. The van der Waals surface area contributed by atoms with Gasteiger partial charge in [0.1, 0.15) is 29.4 Å². The maximum atomic E-state index is 13.0. The van der Waals surface area contributed by atoms with Gasteiger partial charge in [-0.05, 0) is 45.0 Å². The maximum Gasteiger partial charge on any atom is 0.344 e. The molecule has 124 valence electrons. The Kier molecular flexibility index (Phi) is 4.16. The lowest BCUT2D eigenvalue weighted by molar-refractivity contribution is 0.0461. The summed E-state index contributed by atoms with van der Waals surface area (Å²) in [6.07, 6.45) is 0. The van der Waals surface area contributed by atoms with Crippen molar-refractivity contribution < 1.29 is 23.0 Å². The Morgan fingerprint density at radius 1 is 1.12 bits per heavy atom. The molecule has 7 heteroatoms. The highest BCUT2D eigenvalue weighted by Gasteiger charge is 2.21. The highest BCUT2D eigenvalue weighted by Crippen LogP contribution is 2.26. The number of aryl methyl sites for hydroxylation is 2. The van der Waals surface area contributed by atoms with Crippen LogP contribution in [0, 0.1) is 26.6 Å². The number of carbonyl (C=O) groups is 1. The lowest BCUT2D eigenvalue weighted by Gasteiger charge is -2.02. The molecule has 3 rings (SSSR count). The third-order valence-corrected chi connectivity index (χ3v) is 3.70. The number of hydrogen-bond donors (Lipinski definition) is 0. The van der Waals surface area contributed by atoms with Crippen LogP contribution < -0.4 is 0 Å². The van der Waals surface area contributed by atoms with Gasteiger partial charge < -0.3 is 13.8 Å². The van der Waals surface area contributed by atoms with Gasteiger partial charge in [0.05, 0.1) is 5.69 Å². The smallest absolute Gasteiger partial charge is 0.344 e. The van der Waals surface area contributed by atoms with Crippen LogP contribution in [0.2, 0.25) is 0 Å². The van der Waals surface area contributed by atoms with E-state index in [9.17, 15) is 9.18 Å². The quantitative estimate of drug-likeness (QED) is 0.678. The van der Waals surface area contributed by atoms with Crippen molar-refractivity contribution >= 4 is 5.97 Å². The second-order valence-electron chi connectivity index (χ2n) is 5.37. The van der Waals surface area contributed by atoms with Crippen LogP contribution in [-0.4, -0.2) is 16.3 Å². The number of ether oxygens (including phenoxy) is 1. The molecule has 0 saturated heterocycles. The summed E-state index contributed by atoms with van der Waals surface area (Å²) in [7, 11) is 0. The van der Waals surface area contributed by atoms with Crippen molar-refractivity contribution in [1.29, 1.82) is 0 Å². The molecule has 0 N–H and O–H groups in total. The van der Waals surface area contributed by atoms with Crippen molar-refractivity contribution in [2.75, 3.05) is 0 Å². The third kappa shape index (κ3) is 2.92. The zero-order chi connectivity index (χ0) is 17.3. The number of benzene rings is 1. The minimum atomic E-state index is -0.531. The predicted molar refractivity (Wildman–Crippen MR) is 81.7 cm³/mol. The SMILES string of the molecule is Cc1noc(C)c1C(=O)OCc1noc(-c2ccc(F)cc2)c1C. The van der Waals surface area contributed by atoms with Gasteiger partial charge in [-0.3, -0.25) is 0 Å². The Morgan fingerprint density at radius 3 is 2.46 bits per heavy atom. The fourth-order valence-corrected chi connectivity index (χ4v) is 2.35. The van der Waals surface area contributed by atoms with E-state index in [2.05, 4.69) is 10.3 Å². The Balaban J connectivity index is 1.75. The molecule has 24 heavy (non-hydrogen) atoms. The standard InChI is InChI=1S/C17H15FN2O4/c1-9-14(8-22-17(21)15-10(2)19-23-11(15)3)20-24-16(9)12-4-6-13(18)7-5-12/h4-7H,8H2,1-3H3. The molecule has 1 aromatic carbocycles. The minimum absolute atomic E-state index is 0.0422. The molecule has 0 amide bonds. The number of halogens is 1. The maximum absolute atomic E-state index is 13.0. The zero-order valence-electron chi connectivity index (χ0n) is 13.4. The van der Waals surface area contributed by atoms with Gasteiger partial charge in [-0.15, -0.1) is 0 Å². The van der Waals surface area contributed by atoms with Crippen molar-refractivity contribution in [3.63, 3.8) is 0 Å². The summed E-state index contributed by atoms with van der Waals surface area (Å²) >= 11 is 0. The number of aromatic nitrogens is 2. The first kappa shape index (κ1) is 15.9. The third-order valence-electron chi connectivity index (χ3n) is 3.70. The molecule has 3 aromatic rings. The molecule has 0 spiro atoms. The monoisotopic (exact) mass is 330 g/mol. The predicted octanol–water partition coefficient (Wildman–Crippen LogP) is 3.75. The van der Waals surface area contributed by atoms with E-state index >= 15 is 0 Å². The lowest BCUT2D eigenvalue weighted by Crippen LogP contribution is -2.08. The van der Waals surface area contributed by atoms with E-state index in [0.29, 0.717) is 34.0 Å². The molecular formula is C17H15FN2O4. The van der Waals surface area contributed by atoms with Gasteiger partial charge in [0, 0.05) is 11.1 Å². The summed E-state index contributed by atoms with van der Waals surface area (Å²) in [5.74, 6) is 0.0567. The van der Waals surface area contributed by atoms with Crippen molar-refractivity contribution in [2.24, 2.45) is 0 Å². The first-order valence-corrected chi connectivity index (χ1v) is 7.28. The first-order valence-electron chi connectivity index (χ1n) is 7.28. The van der Waals surface area contributed by atoms with Crippen LogP contribution in [0.25, 0.3) is 11.3 Å². The highest BCUT2D eigenvalue weighted by atomic mass is 19.1. The van der Waals surface area contributed by atoms with E-state index in [1.165, 1.54) is 12.1 Å². The van der Waals surface area contributed by atoms with E-state index < -0.39 is 5.97 Å². The molecule has 0 aliphatic heterocycles. The van der Waals surface area contributed by atoms with Crippen LogP contribution in [0.4, 0.5) is 4.39 Å². The number of carbonyl (C=O) groups excluding carboxylic acids is 1. The van der Waals surface area contributed by atoms with Gasteiger partial charge >= 0.3 is 5.97 Å². The van der Waals surface area contributed by atoms with Gasteiger partial charge in [0.2, 0.25) is 0 Å². The van der Waals surface area contributed by atoms with Crippen LogP contribution in [0.15, 0.2) is 33.3 Å². The topological polar surface area (TPSA) is 78.4 Å². The number of rotatable bonds is 4. The van der Waals surface area contributed by atoms with Gasteiger partial charge in [0.25, 0.3) is 0 Å². The fourth-order valence-electron chi connectivity index (χ4n) is 2.35. The highest BCUT2D eigenvalue weighted by molar-refractivity contribution is 5.91. The normalized spacial score (nSPS) is 10.8. The van der Waals surface area contributed by atoms with Crippen LogP contribution in [0.1, 0.15) is 33.1 Å². The van der Waals surface area contributed by atoms with Gasteiger partial charge in [-0.25, -0.2) is 9.18 Å². The molecule has 0 bridgehead atoms. The molecule has 0 fully saturated rings. The minimum Gasteiger partial charge on any atom is -0.455 e. The summed E-state index contributed by atoms with van der Waals surface area (Å²) < 4.78 is 28.5. The van der Waals surface area contributed by atoms with E-state index in [1.807, 2.05) is 0 Å². The molecule has 0 aliphatic carbocycles. The molecule has 0 aliphatic rings. The Hall–Kier alpha value is -2.96. The van der Waals surface area contributed by atoms with Crippen LogP contribution >= 0.6 is 0 Å². The lowest BCUT2D eigenvalue weighted by atomic mass is 10.1. The van der Waals surface area contributed by atoms with Gasteiger partial charge in [-0.2, -0.15) is 0 Å². The van der Waals surface area contributed by atoms with Crippen molar-refractivity contribution in [3.8, 4) is 11.3 Å². The molecule has 0 radical (unpaired) electrons. The summed E-state index contributed by atoms with van der Waals surface area (Å²) in [6, 6.07) is 5.88. The van der Waals surface area contributed by atoms with Crippen molar-refractivity contribution in [3.05, 3.63) is 58.4 Å². The molecule has 2 heterocycles. The van der Waals surface area contributed by atoms with E-state index in [-0.39, 0.29) is 12.4 Å². The molecule has 0 saturated carbocycles. The number of hydrogen-bond acceptors (Lipinski definition) is 6. The Bertz CT molecular complexity index is 861. The molecular weight excluding hydrogens is 315 g/mol. The summed E-state index contributed by atoms with van der Waals surface area (Å²) in [4.78, 5) is 12.1. The zero-order valence-corrected chi connectivity index (χ0v) is 13.4. The number of esters is 1. The fraction of sp³-hybridized carbons (Fsp3) is 0.235. The van der Waals surface area contributed by atoms with Crippen LogP contribution in [0.3, 0.4) is 0 Å². The van der Waals surface area contributed by atoms with Crippen molar-refractivity contribution in [2.45, 2.75) is 27.4 Å². The first-order chi connectivity index (χ1) is 11.5. The molecule has 6 nitrogen and oxygen atoms in total. The second kappa shape index (κ2) is 6.27. The van der Waals surface area contributed by atoms with E-state index in [4.69, 9.17) is 13.8 Å². The van der Waals surface area contributed by atoms with E-state index in [0.717, 1.165) is 5.56 Å². The van der Waals surface area contributed by atoms with Gasteiger partial charge in [-0.1, -0.05) is 10.3 Å². The molecule has 0 atom stereocenters. The summed E-state index contributed by atoms with van der Waals surface area (Å²) in [5.41, 5.74) is 2.71. The van der Waals surface area contributed by atoms with Crippen molar-refractivity contribution in [1.82, 2.24) is 10.3 Å².